The largest absolute Gasteiger partial charge is 0.465 e. The first-order valence-electron chi connectivity index (χ1n) is 6.97. The summed E-state index contributed by atoms with van der Waals surface area (Å²) in [5.74, 6) is 0. The van der Waals surface area contributed by atoms with Crippen LogP contribution < -0.4 is 0 Å². The molecule has 1 aliphatic heterocycles. The lowest BCUT2D eigenvalue weighted by molar-refractivity contribution is 0.0668. The molecule has 2 rings (SSSR count). The van der Waals surface area contributed by atoms with Crippen LogP contribution in [0.3, 0.4) is 0 Å². The Morgan fingerprint density at radius 3 is 2.60 bits per heavy atom. The van der Waals surface area contributed by atoms with E-state index in [1.165, 1.54) is 10.5 Å². The van der Waals surface area contributed by atoms with Crippen molar-refractivity contribution in [3.63, 3.8) is 0 Å². The number of piperidine rings is 1. The molecule has 1 atom stereocenters. The fourth-order valence-corrected chi connectivity index (χ4v) is 2.52. The van der Waals surface area contributed by atoms with E-state index in [4.69, 9.17) is 5.11 Å². The van der Waals surface area contributed by atoms with Crippen LogP contribution in [0.25, 0.3) is 0 Å². The Balaban J connectivity index is 1.89. The molecule has 1 amide bonds. The summed E-state index contributed by atoms with van der Waals surface area (Å²) < 4.78 is 0. The molecule has 0 saturated carbocycles. The number of rotatable bonds is 4. The molecule has 1 aliphatic rings. The average molecular weight is 278 g/mol. The third-order valence-electron chi connectivity index (χ3n) is 3.66. The van der Waals surface area contributed by atoms with Crippen LogP contribution in [0.4, 0.5) is 4.79 Å². The Bertz CT molecular complexity index is 447. The molecule has 0 spiro atoms. The normalized spacial score (nSPS) is 19.8. The Labute approximate surface area is 119 Å². The smallest absolute Gasteiger partial charge is 0.407 e. The Kier molecular flexibility index (Phi) is 4.98. The number of aliphatic hydroxyl groups is 1. The highest BCUT2D eigenvalue weighted by Crippen LogP contribution is 2.14. The van der Waals surface area contributed by atoms with Crippen molar-refractivity contribution in [2.75, 3.05) is 20.1 Å². The van der Waals surface area contributed by atoms with E-state index in [9.17, 15) is 9.90 Å². The molecule has 1 aromatic rings. The van der Waals surface area contributed by atoms with E-state index in [2.05, 4.69) is 4.90 Å². The summed E-state index contributed by atoms with van der Waals surface area (Å²) >= 11 is 0. The van der Waals surface area contributed by atoms with Crippen LogP contribution in [0, 0.1) is 0 Å². The third-order valence-corrected chi connectivity index (χ3v) is 3.66. The van der Waals surface area contributed by atoms with Gasteiger partial charge in [0.25, 0.3) is 0 Å². The van der Waals surface area contributed by atoms with Crippen molar-refractivity contribution in [3.8, 4) is 0 Å². The van der Waals surface area contributed by atoms with E-state index in [1.54, 1.807) is 7.05 Å². The minimum atomic E-state index is -0.920. The molecule has 1 heterocycles. The van der Waals surface area contributed by atoms with Gasteiger partial charge in [0.15, 0.2) is 0 Å². The molecular formula is C15H22N2O3. The van der Waals surface area contributed by atoms with Crippen molar-refractivity contribution in [3.05, 3.63) is 35.4 Å². The van der Waals surface area contributed by atoms with Gasteiger partial charge >= 0.3 is 6.09 Å². The first kappa shape index (κ1) is 14.8. The number of benzene rings is 1. The van der Waals surface area contributed by atoms with Gasteiger partial charge in [-0.15, -0.1) is 0 Å². The monoisotopic (exact) mass is 278 g/mol. The van der Waals surface area contributed by atoms with Crippen molar-refractivity contribution in [2.45, 2.75) is 32.0 Å². The molecule has 5 heteroatoms. The summed E-state index contributed by atoms with van der Waals surface area (Å²) in [6.07, 6.45) is 0.822. The maximum absolute atomic E-state index is 10.8. The first-order chi connectivity index (χ1) is 9.54. The summed E-state index contributed by atoms with van der Waals surface area (Å²) in [5, 5.41) is 18.5. The van der Waals surface area contributed by atoms with Gasteiger partial charge in [0.2, 0.25) is 0 Å². The fraction of sp³-hybridized carbons (Fsp3) is 0.533. The van der Waals surface area contributed by atoms with Gasteiger partial charge in [0, 0.05) is 26.7 Å². The van der Waals surface area contributed by atoms with Gasteiger partial charge in [-0.2, -0.15) is 0 Å². The molecule has 20 heavy (non-hydrogen) atoms. The van der Waals surface area contributed by atoms with Gasteiger partial charge in [-0.3, -0.25) is 4.90 Å². The molecule has 1 unspecified atom stereocenters. The molecule has 2 N–H and O–H groups in total. The Hall–Kier alpha value is -1.59. The predicted octanol–water partition coefficient (Wildman–Crippen LogP) is 1.75. The molecule has 1 aromatic carbocycles. The van der Waals surface area contributed by atoms with E-state index in [-0.39, 0.29) is 6.10 Å². The van der Waals surface area contributed by atoms with Crippen LogP contribution in [0.5, 0.6) is 0 Å². The zero-order valence-corrected chi connectivity index (χ0v) is 11.8. The van der Waals surface area contributed by atoms with Gasteiger partial charge in [-0.05, 0) is 30.5 Å². The van der Waals surface area contributed by atoms with Crippen LogP contribution in [0.2, 0.25) is 0 Å². The van der Waals surface area contributed by atoms with E-state index < -0.39 is 6.09 Å². The average Bonchev–Trinajstić information content (AvgIpc) is 2.41. The van der Waals surface area contributed by atoms with Crippen LogP contribution >= 0.6 is 0 Å². The molecule has 110 valence electrons. The molecule has 1 saturated heterocycles. The highest BCUT2D eigenvalue weighted by molar-refractivity contribution is 5.64. The van der Waals surface area contributed by atoms with Gasteiger partial charge in [0.05, 0.1) is 6.10 Å². The Morgan fingerprint density at radius 1 is 1.35 bits per heavy atom. The van der Waals surface area contributed by atoms with Gasteiger partial charge in [-0.1, -0.05) is 24.3 Å². The lowest BCUT2D eigenvalue weighted by Gasteiger charge is -2.30. The number of hydrogen-bond acceptors (Lipinski definition) is 3. The molecule has 0 bridgehead atoms. The van der Waals surface area contributed by atoms with Crippen LogP contribution in [0.15, 0.2) is 24.3 Å². The number of hydrogen-bond donors (Lipinski definition) is 2. The predicted molar refractivity (Wildman–Crippen MR) is 76.5 cm³/mol. The summed E-state index contributed by atoms with van der Waals surface area (Å²) in [4.78, 5) is 14.3. The molecule has 1 fully saturated rings. The molecule has 0 aromatic heterocycles. The van der Waals surface area contributed by atoms with E-state index in [0.29, 0.717) is 6.54 Å². The molecular weight excluding hydrogens is 256 g/mol. The van der Waals surface area contributed by atoms with Crippen LogP contribution in [-0.2, 0) is 13.1 Å². The summed E-state index contributed by atoms with van der Waals surface area (Å²) in [6.45, 7) is 3.01. The van der Waals surface area contributed by atoms with Crippen molar-refractivity contribution in [1.82, 2.24) is 9.80 Å². The number of amides is 1. The molecule has 0 aliphatic carbocycles. The van der Waals surface area contributed by atoms with Crippen molar-refractivity contribution in [1.29, 1.82) is 0 Å². The quantitative estimate of drug-likeness (QED) is 0.881. The number of carboxylic acid groups (broad SMARTS) is 1. The minimum Gasteiger partial charge on any atom is -0.465 e. The first-order valence-corrected chi connectivity index (χ1v) is 6.97. The topological polar surface area (TPSA) is 64.0 Å². The van der Waals surface area contributed by atoms with Crippen molar-refractivity contribution in [2.24, 2.45) is 0 Å². The SMILES string of the molecule is CN(Cc1ccc(CN2CCCC(O)C2)cc1)C(=O)O. The second-order valence-electron chi connectivity index (χ2n) is 5.49. The number of carbonyl (C=O) groups is 1. The maximum Gasteiger partial charge on any atom is 0.407 e. The van der Waals surface area contributed by atoms with Crippen molar-refractivity contribution < 1.29 is 15.0 Å². The van der Waals surface area contributed by atoms with E-state index in [0.717, 1.165) is 38.0 Å². The molecule has 5 nitrogen and oxygen atoms in total. The molecule has 0 radical (unpaired) electrons. The second kappa shape index (κ2) is 6.72. The van der Waals surface area contributed by atoms with E-state index in [1.807, 2.05) is 24.3 Å². The van der Waals surface area contributed by atoms with Crippen LogP contribution in [0.1, 0.15) is 24.0 Å². The van der Waals surface area contributed by atoms with Gasteiger partial charge < -0.3 is 15.1 Å². The number of likely N-dealkylation sites (tertiary alicyclic amines) is 1. The van der Waals surface area contributed by atoms with E-state index >= 15 is 0 Å². The third kappa shape index (κ3) is 4.21. The lowest BCUT2D eigenvalue weighted by atomic mass is 10.1. The number of nitrogens with zero attached hydrogens (tertiary/aromatic N) is 2. The maximum atomic E-state index is 10.8. The summed E-state index contributed by atoms with van der Waals surface area (Å²) in [7, 11) is 1.56. The number of aliphatic hydroxyl groups excluding tert-OH is 1. The zero-order chi connectivity index (χ0) is 14.5. The fourth-order valence-electron chi connectivity index (χ4n) is 2.52. The minimum absolute atomic E-state index is 0.202. The lowest BCUT2D eigenvalue weighted by Crippen LogP contribution is -2.37. The highest BCUT2D eigenvalue weighted by Gasteiger charge is 2.17. The van der Waals surface area contributed by atoms with Gasteiger partial charge in [0.1, 0.15) is 0 Å². The summed E-state index contributed by atoms with van der Waals surface area (Å²) in [5.41, 5.74) is 2.18. The highest BCUT2D eigenvalue weighted by atomic mass is 16.4. The Morgan fingerprint density at radius 2 is 2.00 bits per heavy atom. The second-order valence-corrected chi connectivity index (χ2v) is 5.49. The standard InChI is InChI=1S/C15H22N2O3/c1-16(15(19)20)9-12-4-6-13(7-5-12)10-17-8-2-3-14(18)11-17/h4-7,14,18H,2-3,8-11H2,1H3,(H,19,20). The zero-order valence-electron chi connectivity index (χ0n) is 11.8. The number of β-amino-alcohol motifs (C(OH)–C–C–N with tert-alkyl or cyclic N) is 1. The van der Waals surface area contributed by atoms with Crippen molar-refractivity contribution >= 4 is 6.09 Å². The van der Waals surface area contributed by atoms with Gasteiger partial charge in [-0.25, -0.2) is 4.79 Å². The van der Waals surface area contributed by atoms with Crippen LogP contribution in [-0.4, -0.2) is 52.3 Å². The summed E-state index contributed by atoms with van der Waals surface area (Å²) in [6, 6.07) is 8.00.